The molecule has 0 aromatic carbocycles. The first-order valence-electron chi connectivity index (χ1n) is 5.76. The number of nitrogens with zero attached hydrogens (tertiary/aromatic N) is 1. The van der Waals surface area contributed by atoms with Gasteiger partial charge in [0, 0.05) is 24.8 Å². The van der Waals surface area contributed by atoms with Crippen LogP contribution >= 0.6 is 0 Å². The van der Waals surface area contributed by atoms with E-state index >= 15 is 0 Å². The van der Waals surface area contributed by atoms with Crippen LogP contribution in [0.5, 0.6) is 5.88 Å². The molecule has 1 aromatic heterocycles. The molecule has 1 atom stereocenters. The molecule has 0 saturated carbocycles. The van der Waals surface area contributed by atoms with Gasteiger partial charge in [0.1, 0.15) is 0 Å². The molecular weight excluding hydrogens is 200 g/mol. The van der Waals surface area contributed by atoms with Crippen LogP contribution in [0.3, 0.4) is 0 Å². The topological polar surface area (TPSA) is 34.1 Å². The standard InChI is InChI=1S/C13H18N2O/c1-16-13-8-7-11(10-15-13)9-14-12-5-3-2-4-6-12/h2-3,7-8,10,12,14H,4-6,9H2,1H3. The number of methoxy groups -OCH3 is 1. The van der Waals surface area contributed by atoms with Gasteiger partial charge in [-0.15, -0.1) is 0 Å². The van der Waals surface area contributed by atoms with Gasteiger partial charge in [0.2, 0.25) is 5.88 Å². The summed E-state index contributed by atoms with van der Waals surface area (Å²) in [4.78, 5) is 4.18. The Bertz CT molecular complexity index is 345. The molecule has 0 radical (unpaired) electrons. The maximum atomic E-state index is 5.02. The van der Waals surface area contributed by atoms with Gasteiger partial charge in [-0.1, -0.05) is 18.2 Å². The molecule has 1 aliphatic carbocycles. The number of nitrogens with one attached hydrogen (secondary N) is 1. The van der Waals surface area contributed by atoms with Gasteiger partial charge in [0.25, 0.3) is 0 Å². The summed E-state index contributed by atoms with van der Waals surface area (Å²) < 4.78 is 5.02. The zero-order valence-corrected chi connectivity index (χ0v) is 9.65. The Kier molecular flexibility index (Phi) is 3.94. The number of ether oxygens (including phenoxy) is 1. The van der Waals surface area contributed by atoms with Gasteiger partial charge in [-0.2, -0.15) is 0 Å². The fourth-order valence-electron chi connectivity index (χ4n) is 1.88. The number of rotatable bonds is 4. The predicted octanol–water partition coefficient (Wildman–Crippen LogP) is 2.29. The summed E-state index contributed by atoms with van der Waals surface area (Å²) in [6.07, 6.45) is 9.95. The Morgan fingerprint density at radius 1 is 1.44 bits per heavy atom. The lowest BCUT2D eigenvalue weighted by atomic mass is 10.0. The fraction of sp³-hybridized carbons (Fsp3) is 0.462. The van der Waals surface area contributed by atoms with Crippen LogP contribution in [0.4, 0.5) is 0 Å². The second kappa shape index (κ2) is 5.66. The fourth-order valence-corrected chi connectivity index (χ4v) is 1.88. The average Bonchev–Trinajstić information content (AvgIpc) is 2.38. The van der Waals surface area contributed by atoms with Gasteiger partial charge in [-0.25, -0.2) is 4.98 Å². The lowest BCUT2D eigenvalue weighted by Gasteiger charge is -2.19. The Hall–Kier alpha value is -1.35. The maximum Gasteiger partial charge on any atom is 0.212 e. The first kappa shape index (κ1) is 11.1. The second-order valence-electron chi connectivity index (χ2n) is 4.07. The van der Waals surface area contributed by atoms with Crippen molar-refractivity contribution in [1.29, 1.82) is 0 Å². The zero-order valence-electron chi connectivity index (χ0n) is 9.65. The van der Waals surface area contributed by atoms with Crippen molar-refractivity contribution in [3.05, 3.63) is 36.0 Å². The summed E-state index contributed by atoms with van der Waals surface area (Å²) >= 11 is 0. The zero-order chi connectivity index (χ0) is 11.2. The van der Waals surface area contributed by atoms with Gasteiger partial charge < -0.3 is 10.1 Å². The smallest absolute Gasteiger partial charge is 0.212 e. The van der Waals surface area contributed by atoms with E-state index in [2.05, 4.69) is 28.5 Å². The molecule has 0 fully saturated rings. The second-order valence-corrected chi connectivity index (χ2v) is 4.07. The molecule has 0 amide bonds. The van der Waals surface area contributed by atoms with Crippen molar-refractivity contribution in [1.82, 2.24) is 10.3 Å². The van der Waals surface area contributed by atoms with Gasteiger partial charge in [0.15, 0.2) is 0 Å². The van der Waals surface area contributed by atoms with E-state index in [1.807, 2.05) is 12.3 Å². The minimum absolute atomic E-state index is 0.618. The minimum Gasteiger partial charge on any atom is -0.481 e. The summed E-state index contributed by atoms with van der Waals surface area (Å²) in [7, 11) is 1.63. The van der Waals surface area contributed by atoms with Crippen molar-refractivity contribution >= 4 is 0 Å². The van der Waals surface area contributed by atoms with Gasteiger partial charge in [-0.05, 0) is 24.8 Å². The molecule has 0 spiro atoms. The molecule has 1 heterocycles. The molecular formula is C13H18N2O. The van der Waals surface area contributed by atoms with E-state index < -0.39 is 0 Å². The first-order chi connectivity index (χ1) is 7.88. The van der Waals surface area contributed by atoms with Crippen molar-refractivity contribution in [2.45, 2.75) is 31.8 Å². The van der Waals surface area contributed by atoms with E-state index in [0.717, 1.165) is 13.0 Å². The summed E-state index contributed by atoms with van der Waals surface area (Å²) in [5, 5.41) is 3.54. The number of pyridine rings is 1. The summed E-state index contributed by atoms with van der Waals surface area (Å²) in [6.45, 7) is 0.884. The highest BCUT2D eigenvalue weighted by Crippen LogP contribution is 2.12. The van der Waals surface area contributed by atoms with Crippen LogP contribution in [-0.4, -0.2) is 18.1 Å². The summed E-state index contributed by atoms with van der Waals surface area (Å²) in [5.41, 5.74) is 1.20. The van der Waals surface area contributed by atoms with Crippen LogP contribution in [0.1, 0.15) is 24.8 Å². The van der Waals surface area contributed by atoms with E-state index in [1.54, 1.807) is 7.11 Å². The van der Waals surface area contributed by atoms with Crippen molar-refractivity contribution in [3.63, 3.8) is 0 Å². The summed E-state index contributed by atoms with van der Waals surface area (Å²) in [5.74, 6) is 0.671. The lowest BCUT2D eigenvalue weighted by molar-refractivity contribution is 0.397. The number of allylic oxidation sites excluding steroid dienone is 1. The molecule has 0 aliphatic heterocycles. The molecule has 1 aliphatic rings. The number of hydrogen-bond acceptors (Lipinski definition) is 3. The van der Waals surface area contributed by atoms with Gasteiger partial charge in [0.05, 0.1) is 7.11 Å². The predicted molar refractivity (Wildman–Crippen MR) is 64.4 cm³/mol. The van der Waals surface area contributed by atoms with Crippen LogP contribution in [0.2, 0.25) is 0 Å². The quantitative estimate of drug-likeness (QED) is 0.787. The van der Waals surface area contributed by atoms with Crippen molar-refractivity contribution < 1.29 is 4.74 Å². The monoisotopic (exact) mass is 218 g/mol. The Morgan fingerprint density at radius 2 is 2.38 bits per heavy atom. The molecule has 3 heteroatoms. The first-order valence-corrected chi connectivity index (χ1v) is 5.76. The van der Waals surface area contributed by atoms with Crippen LogP contribution < -0.4 is 10.1 Å². The molecule has 86 valence electrons. The minimum atomic E-state index is 0.618. The molecule has 3 nitrogen and oxygen atoms in total. The van der Waals surface area contributed by atoms with Crippen LogP contribution in [-0.2, 0) is 6.54 Å². The van der Waals surface area contributed by atoms with Crippen LogP contribution in [0.25, 0.3) is 0 Å². The third-order valence-corrected chi connectivity index (χ3v) is 2.87. The van der Waals surface area contributed by atoms with Crippen molar-refractivity contribution in [3.8, 4) is 5.88 Å². The number of hydrogen-bond donors (Lipinski definition) is 1. The van der Waals surface area contributed by atoms with Crippen molar-refractivity contribution in [2.75, 3.05) is 7.11 Å². The van der Waals surface area contributed by atoms with Crippen LogP contribution in [0.15, 0.2) is 30.5 Å². The molecule has 1 unspecified atom stereocenters. The van der Waals surface area contributed by atoms with E-state index in [9.17, 15) is 0 Å². The molecule has 1 aromatic rings. The van der Waals surface area contributed by atoms with E-state index in [4.69, 9.17) is 4.74 Å². The van der Waals surface area contributed by atoms with Gasteiger partial charge >= 0.3 is 0 Å². The molecule has 1 N–H and O–H groups in total. The highest BCUT2D eigenvalue weighted by molar-refractivity contribution is 5.17. The molecule has 0 saturated heterocycles. The molecule has 0 bridgehead atoms. The average molecular weight is 218 g/mol. The highest BCUT2D eigenvalue weighted by Gasteiger charge is 2.08. The van der Waals surface area contributed by atoms with E-state index in [0.29, 0.717) is 11.9 Å². The van der Waals surface area contributed by atoms with E-state index in [-0.39, 0.29) is 0 Å². The van der Waals surface area contributed by atoms with Crippen LogP contribution in [0, 0.1) is 0 Å². The maximum absolute atomic E-state index is 5.02. The molecule has 2 rings (SSSR count). The Balaban J connectivity index is 1.82. The largest absolute Gasteiger partial charge is 0.481 e. The third kappa shape index (κ3) is 3.07. The lowest BCUT2D eigenvalue weighted by Crippen LogP contribution is -2.29. The molecule has 16 heavy (non-hydrogen) atoms. The summed E-state index contributed by atoms with van der Waals surface area (Å²) in [6, 6.07) is 4.57. The van der Waals surface area contributed by atoms with E-state index in [1.165, 1.54) is 18.4 Å². The van der Waals surface area contributed by atoms with Crippen molar-refractivity contribution in [2.24, 2.45) is 0 Å². The Labute approximate surface area is 96.5 Å². The Morgan fingerprint density at radius 3 is 3.00 bits per heavy atom. The normalized spacial score (nSPS) is 19.7. The SMILES string of the molecule is COc1ccc(CNC2CC=CCC2)cn1. The highest BCUT2D eigenvalue weighted by atomic mass is 16.5. The number of aromatic nitrogens is 1. The third-order valence-electron chi connectivity index (χ3n) is 2.87. The van der Waals surface area contributed by atoms with Gasteiger partial charge in [-0.3, -0.25) is 0 Å².